The molecule has 0 bridgehead atoms. The van der Waals surface area contributed by atoms with Gasteiger partial charge in [0.05, 0.1) is 26.3 Å². The van der Waals surface area contributed by atoms with Gasteiger partial charge in [-0.05, 0) is 22.3 Å². The first-order chi connectivity index (χ1) is 30.1. The fraction of sp³-hybridized carbons (Fsp3) is 0.348. The molecule has 0 aliphatic heterocycles. The van der Waals surface area contributed by atoms with E-state index >= 15 is 0 Å². The molecule has 0 atom stereocenters. The van der Waals surface area contributed by atoms with E-state index in [2.05, 4.69) is 0 Å². The van der Waals surface area contributed by atoms with Crippen LogP contribution in [0.25, 0.3) is 0 Å². The number of aliphatic hydroxyl groups excluding tert-OH is 2. The molecule has 330 valence electrons. The summed E-state index contributed by atoms with van der Waals surface area (Å²) in [5, 5.41) is 19.8. The summed E-state index contributed by atoms with van der Waals surface area (Å²) in [6.45, 7) is -3.60. The number of esters is 4. The minimum absolute atomic E-state index is 0.00400. The number of hydrogen-bond donors (Lipinski definition) is 2. The molecule has 0 aliphatic carbocycles. The normalized spacial score (nSPS) is 10.8. The van der Waals surface area contributed by atoms with Crippen molar-refractivity contribution in [1.82, 2.24) is 19.6 Å². The lowest BCUT2D eigenvalue weighted by Gasteiger charge is -2.29. The van der Waals surface area contributed by atoms with Crippen LogP contribution < -0.4 is 0 Å². The number of aliphatic hydroxyl groups is 2. The molecular formula is C46H54N4O12. The van der Waals surface area contributed by atoms with Crippen molar-refractivity contribution in [2.45, 2.75) is 26.4 Å². The summed E-state index contributed by atoms with van der Waals surface area (Å²) >= 11 is 0. The number of ether oxygens (including phenoxy) is 4. The maximum Gasteiger partial charge on any atom is 0.325 e. The minimum atomic E-state index is -0.753. The van der Waals surface area contributed by atoms with Crippen molar-refractivity contribution in [3.8, 4) is 0 Å². The van der Waals surface area contributed by atoms with Crippen molar-refractivity contribution in [1.29, 1.82) is 0 Å². The molecule has 4 aromatic rings. The third kappa shape index (κ3) is 18.9. The van der Waals surface area contributed by atoms with Crippen LogP contribution >= 0.6 is 0 Å². The van der Waals surface area contributed by atoms with Gasteiger partial charge in [-0.15, -0.1) is 0 Å². The Hall–Kier alpha value is -6.46. The van der Waals surface area contributed by atoms with E-state index in [4.69, 9.17) is 18.9 Å². The summed E-state index contributed by atoms with van der Waals surface area (Å²) < 4.78 is 21.5. The Balaban J connectivity index is 1.40. The Labute approximate surface area is 361 Å². The van der Waals surface area contributed by atoms with E-state index in [1.54, 1.807) is 107 Å². The maximum absolute atomic E-state index is 13.8. The molecule has 2 amide bonds. The molecule has 16 nitrogen and oxygen atoms in total. The highest BCUT2D eigenvalue weighted by Crippen LogP contribution is 2.08. The largest absolute Gasteiger partial charge is 0.459 e. The van der Waals surface area contributed by atoms with E-state index in [0.29, 0.717) is 0 Å². The fourth-order valence-corrected chi connectivity index (χ4v) is 5.91. The van der Waals surface area contributed by atoms with E-state index in [9.17, 15) is 39.0 Å². The Bertz CT molecular complexity index is 1720. The number of hydrogen-bond acceptors (Lipinski definition) is 14. The molecule has 0 spiro atoms. The second kappa shape index (κ2) is 27.4. The van der Waals surface area contributed by atoms with Crippen LogP contribution in [0.4, 0.5) is 0 Å². The Morgan fingerprint density at radius 3 is 0.823 bits per heavy atom. The van der Waals surface area contributed by atoms with Crippen LogP contribution in [0, 0.1) is 0 Å². The molecule has 16 heteroatoms. The highest BCUT2D eigenvalue weighted by Gasteiger charge is 2.27. The van der Waals surface area contributed by atoms with E-state index in [1.807, 2.05) is 24.3 Å². The van der Waals surface area contributed by atoms with E-state index < -0.39 is 61.9 Å². The van der Waals surface area contributed by atoms with Crippen molar-refractivity contribution in [2.24, 2.45) is 0 Å². The quantitative estimate of drug-likeness (QED) is 0.0656. The van der Waals surface area contributed by atoms with E-state index in [0.717, 1.165) is 32.1 Å². The molecule has 0 aromatic heterocycles. The molecule has 0 saturated carbocycles. The zero-order chi connectivity index (χ0) is 44.4. The smallest absolute Gasteiger partial charge is 0.325 e. The molecule has 0 fully saturated rings. The van der Waals surface area contributed by atoms with Crippen molar-refractivity contribution < 1.29 is 57.9 Å². The highest BCUT2D eigenvalue weighted by molar-refractivity contribution is 5.88. The Kier molecular flexibility index (Phi) is 21.3. The number of carbonyl (C=O) groups excluding carboxylic acids is 6. The van der Waals surface area contributed by atoms with Crippen molar-refractivity contribution in [3.63, 3.8) is 0 Å². The molecule has 4 aromatic carbocycles. The summed E-state index contributed by atoms with van der Waals surface area (Å²) in [5.74, 6) is -4.28. The standard InChI is InChI=1S/C46H54N4O12/c51-25-23-47(27-41(53)49(29-43(55)59-33-37-13-5-1-6-14-37)30-44(56)60-34-38-15-7-2-8-16-38)21-22-48(24-26-52)28-42(54)50(31-45(57)61-35-39-17-9-3-10-18-39)32-46(58)62-36-40-19-11-4-12-20-40/h1-20,51-52H,21-36H2. The number of benzene rings is 4. The predicted molar refractivity (Wildman–Crippen MR) is 225 cm³/mol. The average Bonchev–Trinajstić information content (AvgIpc) is 3.29. The van der Waals surface area contributed by atoms with Gasteiger partial charge >= 0.3 is 23.9 Å². The summed E-state index contributed by atoms with van der Waals surface area (Å²) in [6.07, 6.45) is 0. The molecule has 2 N–H and O–H groups in total. The van der Waals surface area contributed by atoms with Crippen LogP contribution in [-0.2, 0) is 74.1 Å². The van der Waals surface area contributed by atoms with Gasteiger partial charge in [-0.2, -0.15) is 0 Å². The highest BCUT2D eigenvalue weighted by atomic mass is 16.5. The van der Waals surface area contributed by atoms with Crippen LogP contribution in [0.2, 0.25) is 0 Å². The maximum atomic E-state index is 13.8. The minimum Gasteiger partial charge on any atom is -0.459 e. The first-order valence-corrected chi connectivity index (χ1v) is 20.1. The molecule has 0 radical (unpaired) electrons. The summed E-state index contributed by atoms with van der Waals surface area (Å²) in [4.78, 5) is 84.5. The van der Waals surface area contributed by atoms with Crippen molar-refractivity contribution >= 4 is 35.7 Å². The van der Waals surface area contributed by atoms with Gasteiger partial charge < -0.3 is 39.0 Å². The van der Waals surface area contributed by atoms with Gasteiger partial charge in [0.25, 0.3) is 0 Å². The van der Waals surface area contributed by atoms with Gasteiger partial charge in [-0.25, -0.2) is 0 Å². The number of nitrogens with zero attached hydrogens (tertiary/aromatic N) is 4. The number of carbonyl (C=O) groups is 6. The molecule has 4 rings (SSSR count). The van der Waals surface area contributed by atoms with E-state index in [-0.39, 0.29) is 78.9 Å². The van der Waals surface area contributed by atoms with Gasteiger partial charge in [0.1, 0.15) is 52.6 Å². The molecule has 0 aliphatic rings. The molecule has 0 heterocycles. The van der Waals surface area contributed by atoms with Gasteiger partial charge in [0, 0.05) is 26.2 Å². The third-order valence-electron chi connectivity index (χ3n) is 9.24. The number of rotatable bonds is 27. The summed E-state index contributed by atoms with van der Waals surface area (Å²) in [7, 11) is 0. The zero-order valence-corrected chi connectivity index (χ0v) is 34.6. The Morgan fingerprint density at radius 2 is 0.597 bits per heavy atom. The monoisotopic (exact) mass is 854 g/mol. The second-order valence-electron chi connectivity index (χ2n) is 14.1. The van der Waals surface area contributed by atoms with E-state index in [1.165, 1.54) is 0 Å². The van der Waals surface area contributed by atoms with Gasteiger partial charge in [0.2, 0.25) is 11.8 Å². The topological polar surface area (TPSA) is 193 Å². The molecule has 62 heavy (non-hydrogen) atoms. The van der Waals surface area contributed by atoms with Crippen molar-refractivity contribution in [2.75, 3.05) is 78.7 Å². The molecular weight excluding hydrogens is 801 g/mol. The van der Waals surface area contributed by atoms with Crippen LogP contribution in [0.5, 0.6) is 0 Å². The summed E-state index contributed by atoms with van der Waals surface area (Å²) in [6, 6.07) is 35.8. The summed E-state index contributed by atoms with van der Waals surface area (Å²) in [5.41, 5.74) is 2.93. The zero-order valence-electron chi connectivity index (χ0n) is 34.6. The van der Waals surface area contributed by atoms with Gasteiger partial charge in [-0.1, -0.05) is 121 Å². The fourth-order valence-electron chi connectivity index (χ4n) is 5.91. The van der Waals surface area contributed by atoms with Crippen LogP contribution in [0.3, 0.4) is 0 Å². The predicted octanol–water partition coefficient (Wildman–Crippen LogP) is 2.21. The SMILES string of the molecule is O=C(CN(CC(=O)OCc1ccccc1)C(=O)CN(CCO)CCN(CCO)CC(=O)N(CC(=O)OCc1ccccc1)CC(=O)OCc1ccccc1)OCc1ccccc1. The van der Waals surface area contributed by atoms with Crippen LogP contribution in [0.1, 0.15) is 22.3 Å². The van der Waals surface area contributed by atoms with Gasteiger partial charge in [-0.3, -0.25) is 38.6 Å². The number of amides is 2. The second-order valence-corrected chi connectivity index (χ2v) is 14.1. The molecule has 0 saturated heterocycles. The van der Waals surface area contributed by atoms with Crippen molar-refractivity contribution in [3.05, 3.63) is 144 Å². The lowest BCUT2D eigenvalue weighted by atomic mass is 10.2. The first-order valence-electron chi connectivity index (χ1n) is 20.1. The Morgan fingerprint density at radius 1 is 0.355 bits per heavy atom. The lowest BCUT2D eigenvalue weighted by molar-refractivity contribution is -0.156. The van der Waals surface area contributed by atoms with Crippen LogP contribution in [0.15, 0.2) is 121 Å². The lowest BCUT2D eigenvalue weighted by Crippen LogP contribution is -2.49. The third-order valence-corrected chi connectivity index (χ3v) is 9.24. The van der Waals surface area contributed by atoms with Crippen LogP contribution in [-0.4, -0.2) is 144 Å². The first kappa shape index (κ1) is 48.2. The van der Waals surface area contributed by atoms with Gasteiger partial charge in [0.15, 0.2) is 0 Å². The average molecular weight is 855 g/mol. The molecule has 0 unspecified atom stereocenters.